The Morgan fingerprint density at radius 1 is 1.47 bits per heavy atom. The molecule has 1 atom stereocenters. The van der Waals surface area contributed by atoms with Crippen molar-refractivity contribution in [3.8, 4) is 0 Å². The third-order valence-electron chi connectivity index (χ3n) is 2.70. The van der Waals surface area contributed by atoms with Gasteiger partial charge in [-0.25, -0.2) is 0 Å². The number of hydrogen-bond acceptors (Lipinski definition) is 2. The van der Waals surface area contributed by atoms with Gasteiger partial charge in [-0.1, -0.05) is 13.0 Å². The molecule has 0 spiro atoms. The van der Waals surface area contributed by atoms with Gasteiger partial charge in [0.15, 0.2) is 0 Å². The highest BCUT2D eigenvalue weighted by Crippen LogP contribution is 2.09. The van der Waals surface area contributed by atoms with Gasteiger partial charge in [0.2, 0.25) is 0 Å². The van der Waals surface area contributed by atoms with Crippen molar-refractivity contribution in [2.75, 3.05) is 5.75 Å². The summed E-state index contributed by atoms with van der Waals surface area (Å²) in [4.78, 5) is 11.7. The van der Waals surface area contributed by atoms with Crippen LogP contribution in [0.1, 0.15) is 25.3 Å². The molecule has 1 heterocycles. The zero-order valence-electron chi connectivity index (χ0n) is 9.44. The van der Waals surface area contributed by atoms with Crippen LogP contribution in [-0.2, 0) is 6.54 Å². The van der Waals surface area contributed by atoms with Gasteiger partial charge < -0.3 is 4.57 Å². The van der Waals surface area contributed by atoms with Crippen LogP contribution in [0.2, 0.25) is 0 Å². The standard InChI is InChI=1S/C12H19NOS/c1-10(6-9-15)5-8-13-7-3-4-11(2)12(13)14/h3-4,7,10,15H,5-6,8-9H2,1-2H3. The molecule has 0 saturated carbocycles. The van der Waals surface area contributed by atoms with Gasteiger partial charge in [0, 0.05) is 18.3 Å². The fourth-order valence-corrected chi connectivity index (χ4v) is 2.00. The van der Waals surface area contributed by atoms with Crippen molar-refractivity contribution in [2.45, 2.75) is 33.2 Å². The van der Waals surface area contributed by atoms with Crippen LogP contribution in [-0.4, -0.2) is 10.3 Å². The van der Waals surface area contributed by atoms with Gasteiger partial charge in [-0.2, -0.15) is 12.6 Å². The van der Waals surface area contributed by atoms with Crippen LogP contribution in [0.3, 0.4) is 0 Å². The summed E-state index contributed by atoms with van der Waals surface area (Å²) >= 11 is 4.21. The minimum absolute atomic E-state index is 0.135. The maximum atomic E-state index is 11.7. The van der Waals surface area contributed by atoms with Gasteiger partial charge in [-0.3, -0.25) is 4.79 Å². The first-order valence-electron chi connectivity index (χ1n) is 5.42. The number of rotatable bonds is 5. The molecule has 0 amide bonds. The Morgan fingerprint density at radius 3 is 2.87 bits per heavy atom. The Bertz CT molecular complexity index is 359. The summed E-state index contributed by atoms with van der Waals surface area (Å²) in [6.45, 7) is 4.88. The molecule has 0 fully saturated rings. The molecule has 84 valence electrons. The van der Waals surface area contributed by atoms with Crippen molar-refractivity contribution in [2.24, 2.45) is 5.92 Å². The first-order valence-corrected chi connectivity index (χ1v) is 6.05. The fraction of sp³-hybridized carbons (Fsp3) is 0.583. The molecule has 0 saturated heterocycles. The number of pyridine rings is 1. The number of aromatic nitrogens is 1. The topological polar surface area (TPSA) is 22.0 Å². The molecule has 3 heteroatoms. The zero-order chi connectivity index (χ0) is 11.3. The predicted molar refractivity (Wildman–Crippen MR) is 67.7 cm³/mol. The monoisotopic (exact) mass is 225 g/mol. The van der Waals surface area contributed by atoms with Gasteiger partial charge in [0.05, 0.1) is 0 Å². The second-order valence-electron chi connectivity index (χ2n) is 4.10. The Labute approximate surface area is 96.7 Å². The third kappa shape index (κ3) is 3.74. The molecule has 2 nitrogen and oxygen atoms in total. The van der Waals surface area contributed by atoms with Gasteiger partial charge in [0.25, 0.3) is 5.56 Å². The summed E-state index contributed by atoms with van der Waals surface area (Å²) in [6, 6.07) is 3.79. The van der Waals surface area contributed by atoms with E-state index in [1.807, 2.05) is 25.3 Å². The van der Waals surface area contributed by atoms with E-state index < -0.39 is 0 Å². The highest BCUT2D eigenvalue weighted by Gasteiger charge is 2.03. The maximum Gasteiger partial charge on any atom is 0.253 e. The van der Waals surface area contributed by atoms with E-state index in [9.17, 15) is 4.79 Å². The molecule has 15 heavy (non-hydrogen) atoms. The highest BCUT2D eigenvalue weighted by atomic mass is 32.1. The molecular weight excluding hydrogens is 206 g/mol. The molecule has 0 aliphatic carbocycles. The Kier molecular flexibility index (Phi) is 4.95. The average molecular weight is 225 g/mol. The van der Waals surface area contributed by atoms with Crippen molar-refractivity contribution in [3.05, 3.63) is 34.2 Å². The van der Waals surface area contributed by atoms with Gasteiger partial charge in [-0.15, -0.1) is 0 Å². The average Bonchev–Trinajstić information content (AvgIpc) is 2.21. The predicted octanol–water partition coefficient (Wildman–Crippen LogP) is 2.50. The quantitative estimate of drug-likeness (QED) is 0.764. The van der Waals surface area contributed by atoms with Crippen molar-refractivity contribution >= 4 is 12.6 Å². The van der Waals surface area contributed by atoms with Gasteiger partial charge in [0.1, 0.15) is 0 Å². The van der Waals surface area contributed by atoms with E-state index in [-0.39, 0.29) is 5.56 Å². The summed E-state index contributed by atoms with van der Waals surface area (Å²) in [7, 11) is 0. The summed E-state index contributed by atoms with van der Waals surface area (Å²) in [6.07, 6.45) is 4.02. The Morgan fingerprint density at radius 2 is 2.20 bits per heavy atom. The van der Waals surface area contributed by atoms with Gasteiger partial charge in [-0.05, 0) is 37.5 Å². The van der Waals surface area contributed by atoms with Crippen LogP contribution in [0.5, 0.6) is 0 Å². The molecule has 1 rings (SSSR count). The zero-order valence-corrected chi connectivity index (χ0v) is 10.3. The largest absolute Gasteiger partial charge is 0.315 e. The summed E-state index contributed by atoms with van der Waals surface area (Å²) in [5.41, 5.74) is 0.954. The lowest BCUT2D eigenvalue weighted by Crippen LogP contribution is -2.22. The van der Waals surface area contributed by atoms with Crippen LogP contribution in [0.25, 0.3) is 0 Å². The lowest BCUT2D eigenvalue weighted by atomic mass is 10.1. The Hall–Kier alpha value is -0.700. The Balaban J connectivity index is 2.58. The first-order chi connectivity index (χ1) is 7.15. The lowest BCUT2D eigenvalue weighted by Gasteiger charge is -2.11. The van der Waals surface area contributed by atoms with Crippen molar-refractivity contribution in [1.82, 2.24) is 4.57 Å². The van der Waals surface area contributed by atoms with Gasteiger partial charge >= 0.3 is 0 Å². The summed E-state index contributed by atoms with van der Waals surface area (Å²) in [5.74, 6) is 1.55. The molecule has 0 aromatic carbocycles. The first kappa shape index (κ1) is 12.4. The van der Waals surface area contributed by atoms with E-state index in [2.05, 4.69) is 19.6 Å². The van der Waals surface area contributed by atoms with Crippen LogP contribution >= 0.6 is 12.6 Å². The maximum absolute atomic E-state index is 11.7. The van der Waals surface area contributed by atoms with E-state index in [0.29, 0.717) is 5.92 Å². The summed E-state index contributed by atoms with van der Waals surface area (Å²) in [5, 5.41) is 0. The van der Waals surface area contributed by atoms with E-state index in [4.69, 9.17) is 0 Å². The van der Waals surface area contributed by atoms with Crippen LogP contribution in [0.15, 0.2) is 23.1 Å². The number of nitrogens with zero attached hydrogens (tertiary/aromatic N) is 1. The van der Waals surface area contributed by atoms with Crippen LogP contribution in [0, 0.1) is 12.8 Å². The molecule has 0 N–H and O–H groups in total. The van der Waals surface area contributed by atoms with Crippen molar-refractivity contribution < 1.29 is 0 Å². The van der Waals surface area contributed by atoms with Crippen molar-refractivity contribution in [1.29, 1.82) is 0 Å². The molecule has 1 aromatic heterocycles. The molecular formula is C12H19NOS. The van der Waals surface area contributed by atoms with E-state index in [0.717, 1.165) is 30.7 Å². The third-order valence-corrected chi connectivity index (χ3v) is 2.95. The van der Waals surface area contributed by atoms with Crippen LogP contribution in [0.4, 0.5) is 0 Å². The number of hydrogen-bond donors (Lipinski definition) is 1. The normalized spacial score (nSPS) is 12.7. The molecule has 1 aromatic rings. The van der Waals surface area contributed by atoms with E-state index >= 15 is 0 Å². The minimum Gasteiger partial charge on any atom is -0.315 e. The summed E-state index contributed by atoms with van der Waals surface area (Å²) < 4.78 is 1.80. The smallest absolute Gasteiger partial charge is 0.253 e. The van der Waals surface area contributed by atoms with E-state index in [1.165, 1.54) is 0 Å². The van der Waals surface area contributed by atoms with Crippen LogP contribution < -0.4 is 5.56 Å². The molecule has 0 bridgehead atoms. The highest BCUT2D eigenvalue weighted by molar-refractivity contribution is 7.80. The SMILES string of the molecule is Cc1cccn(CCC(C)CCS)c1=O. The number of aryl methyl sites for hydroxylation is 2. The number of thiol groups is 1. The molecule has 0 aliphatic heterocycles. The van der Waals surface area contributed by atoms with E-state index in [1.54, 1.807) is 4.57 Å². The molecule has 0 aliphatic rings. The van der Waals surface area contributed by atoms with Crippen molar-refractivity contribution in [3.63, 3.8) is 0 Å². The lowest BCUT2D eigenvalue weighted by molar-refractivity contribution is 0.465. The molecule has 1 unspecified atom stereocenters. The fourth-order valence-electron chi connectivity index (χ4n) is 1.56. The second-order valence-corrected chi connectivity index (χ2v) is 4.54. The second kappa shape index (κ2) is 6.01. The minimum atomic E-state index is 0.135. The molecule has 0 radical (unpaired) electrons.